The number of methoxy groups -OCH3 is 1. The van der Waals surface area contributed by atoms with Gasteiger partial charge in [-0.15, -0.1) is 0 Å². The Morgan fingerprint density at radius 3 is 1.95 bits per heavy atom. The fourth-order valence-electron chi connectivity index (χ4n) is 3.15. The fourth-order valence-corrected chi connectivity index (χ4v) is 3.15. The van der Waals surface area contributed by atoms with Gasteiger partial charge in [0.2, 0.25) is 0 Å². The van der Waals surface area contributed by atoms with Crippen LogP contribution in [-0.2, 0) is 9.53 Å². The van der Waals surface area contributed by atoms with Crippen molar-refractivity contribution >= 4 is 5.97 Å². The number of nitrogens with two attached hydrogens (primary N) is 1. The zero-order valence-corrected chi connectivity index (χ0v) is 14.9. The maximum atomic E-state index is 11.6. The summed E-state index contributed by atoms with van der Waals surface area (Å²) >= 11 is 0. The van der Waals surface area contributed by atoms with Crippen LogP contribution in [0.25, 0.3) is 0 Å². The Balaban J connectivity index is 0. The Labute approximate surface area is 126 Å². The molecule has 0 heterocycles. The Hall–Kier alpha value is -0.570. The van der Waals surface area contributed by atoms with E-state index in [1.165, 1.54) is 7.11 Å². The van der Waals surface area contributed by atoms with E-state index in [4.69, 9.17) is 10.5 Å². The van der Waals surface area contributed by atoms with E-state index in [9.17, 15) is 4.79 Å². The van der Waals surface area contributed by atoms with Crippen molar-refractivity contribution in [1.29, 1.82) is 0 Å². The Kier molecular flexibility index (Phi) is 13.2. The molecule has 0 fully saturated rings. The number of carbonyl (C=O) groups is 1. The molecule has 0 saturated heterocycles. The number of ether oxygens (including phenoxy) is 1. The van der Waals surface area contributed by atoms with Gasteiger partial charge in [-0.1, -0.05) is 48.0 Å². The van der Waals surface area contributed by atoms with E-state index in [1.807, 2.05) is 20.8 Å². The Bertz CT molecular complexity index is 241. The van der Waals surface area contributed by atoms with Gasteiger partial charge in [-0.05, 0) is 37.5 Å². The molecule has 5 atom stereocenters. The second kappa shape index (κ2) is 12.2. The molecule has 0 rings (SSSR count). The van der Waals surface area contributed by atoms with Crippen molar-refractivity contribution in [2.45, 2.75) is 73.8 Å². The topological polar surface area (TPSA) is 52.3 Å². The van der Waals surface area contributed by atoms with Gasteiger partial charge in [-0.2, -0.15) is 0 Å². The van der Waals surface area contributed by atoms with Crippen molar-refractivity contribution in [3.8, 4) is 0 Å². The molecule has 3 nitrogen and oxygen atoms in total. The van der Waals surface area contributed by atoms with Crippen LogP contribution in [0.15, 0.2) is 0 Å². The van der Waals surface area contributed by atoms with Crippen LogP contribution in [-0.4, -0.2) is 19.1 Å². The van der Waals surface area contributed by atoms with E-state index in [-0.39, 0.29) is 17.9 Å². The average Bonchev–Trinajstić information content (AvgIpc) is 2.39. The maximum absolute atomic E-state index is 11.6. The first-order chi connectivity index (χ1) is 9.33. The minimum absolute atomic E-state index is 0.0162. The lowest BCUT2D eigenvalue weighted by molar-refractivity contribution is -0.147. The van der Waals surface area contributed by atoms with Crippen LogP contribution in [0.5, 0.6) is 0 Å². The summed E-state index contributed by atoms with van der Waals surface area (Å²) in [7, 11) is 1.47. The third-order valence-corrected chi connectivity index (χ3v) is 3.97. The van der Waals surface area contributed by atoms with Crippen molar-refractivity contribution in [3.05, 3.63) is 0 Å². The minimum Gasteiger partial charge on any atom is -0.469 e. The number of esters is 1. The highest BCUT2D eigenvalue weighted by molar-refractivity contribution is 5.72. The molecule has 122 valence electrons. The summed E-state index contributed by atoms with van der Waals surface area (Å²) < 4.78 is 4.86. The molecule has 0 aliphatic heterocycles. The summed E-state index contributed by atoms with van der Waals surface area (Å²) in [6, 6.07) is 0.255. The summed E-state index contributed by atoms with van der Waals surface area (Å²) in [6.45, 7) is 14.7. The predicted octanol–water partition coefficient (Wildman–Crippen LogP) is 4.25. The van der Waals surface area contributed by atoms with Crippen molar-refractivity contribution in [3.63, 3.8) is 0 Å². The van der Waals surface area contributed by atoms with Gasteiger partial charge >= 0.3 is 5.97 Å². The zero-order chi connectivity index (χ0) is 16.3. The lowest BCUT2D eigenvalue weighted by Gasteiger charge is -2.29. The van der Waals surface area contributed by atoms with E-state index < -0.39 is 0 Å². The summed E-state index contributed by atoms with van der Waals surface area (Å²) in [5, 5.41) is 0. The van der Waals surface area contributed by atoms with E-state index >= 15 is 0 Å². The normalized spacial score (nSPS) is 18.1. The van der Waals surface area contributed by atoms with E-state index in [0.717, 1.165) is 19.3 Å². The van der Waals surface area contributed by atoms with Crippen LogP contribution in [0, 0.1) is 23.7 Å². The largest absolute Gasteiger partial charge is 0.469 e. The highest BCUT2D eigenvalue weighted by Gasteiger charge is 2.28. The molecular weight excluding hydrogens is 250 g/mol. The minimum atomic E-state index is -0.0893. The molecule has 4 unspecified atom stereocenters. The fraction of sp³-hybridized carbons (Fsp3) is 0.941. The quantitative estimate of drug-likeness (QED) is 0.679. The molecule has 0 aromatic rings. The van der Waals surface area contributed by atoms with Gasteiger partial charge in [-0.3, -0.25) is 4.79 Å². The van der Waals surface area contributed by atoms with Gasteiger partial charge in [0.15, 0.2) is 0 Å². The number of hydrogen-bond acceptors (Lipinski definition) is 3. The molecule has 0 spiro atoms. The van der Waals surface area contributed by atoms with Crippen LogP contribution < -0.4 is 5.73 Å². The maximum Gasteiger partial charge on any atom is 0.308 e. The van der Waals surface area contributed by atoms with Crippen LogP contribution in [0.4, 0.5) is 0 Å². The molecule has 0 aromatic carbocycles. The monoisotopic (exact) mass is 287 g/mol. The lowest BCUT2D eigenvalue weighted by atomic mass is 9.77. The third kappa shape index (κ3) is 8.57. The Morgan fingerprint density at radius 1 is 1.10 bits per heavy atom. The summed E-state index contributed by atoms with van der Waals surface area (Å²) in [4.78, 5) is 11.6. The highest BCUT2D eigenvalue weighted by Crippen LogP contribution is 2.31. The predicted molar refractivity (Wildman–Crippen MR) is 87.5 cm³/mol. The number of hydrogen-bond donors (Lipinski definition) is 1. The molecular formula is C17H37NO2. The van der Waals surface area contributed by atoms with Gasteiger partial charge < -0.3 is 10.5 Å². The summed E-state index contributed by atoms with van der Waals surface area (Å²) in [6.07, 6.45) is 3.19. The number of rotatable bonds is 8. The van der Waals surface area contributed by atoms with Crippen LogP contribution >= 0.6 is 0 Å². The average molecular weight is 287 g/mol. The summed E-state index contributed by atoms with van der Waals surface area (Å²) in [5.74, 6) is 1.43. The smallest absolute Gasteiger partial charge is 0.308 e. The van der Waals surface area contributed by atoms with Gasteiger partial charge in [-0.25, -0.2) is 0 Å². The molecule has 0 aromatic heterocycles. The molecule has 0 bridgehead atoms. The van der Waals surface area contributed by atoms with Crippen LogP contribution in [0.2, 0.25) is 0 Å². The van der Waals surface area contributed by atoms with Crippen molar-refractivity contribution < 1.29 is 9.53 Å². The molecule has 20 heavy (non-hydrogen) atoms. The molecule has 2 N–H and O–H groups in total. The van der Waals surface area contributed by atoms with Gasteiger partial charge in [0, 0.05) is 6.04 Å². The zero-order valence-electron chi connectivity index (χ0n) is 14.9. The van der Waals surface area contributed by atoms with Crippen molar-refractivity contribution in [2.24, 2.45) is 29.4 Å². The molecule has 0 amide bonds. The first-order valence-corrected chi connectivity index (χ1v) is 8.16. The van der Waals surface area contributed by atoms with Crippen molar-refractivity contribution in [2.75, 3.05) is 7.11 Å². The summed E-state index contributed by atoms with van der Waals surface area (Å²) in [5.41, 5.74) is 5.83. The van der Waals surface area contributed by atoms with Crippen LogP contribution in [0.1, 0.15) is 67.7 Å². The number of carbonyl (C=O) groups excluding carboxylic acids is 1. The van der Waals surface area contributed by atoms with Crippen molar-refractivity contribution in [1.82, 2.24) is 0 Å². The third-order valence-electron chi connectivity index (χ3n) is 3.97. The standard InChI is InChI=1S/C15H31NO2.C2H6/c1-7-14(13(5)15(17)18-6)11(3)8-10(2)9-12(4)16;1-2/h10-14H,7-9,16H2,1-6H3;1-2H3/t10?,11?,12-,13?,14?;/m1./s1. The molecule has 0 aliphatic rings. The molecule has 0 saturated carbocycles. The molecule has 3 heteroatoms. The van der Waals surface area contributed by atoms with Gasteiger partial charge in [0.1, 0.15) is 0 Å². The first kappa shape index (κ1) is 21.7. The second-order valence-corrected chi connectivity index (χ2v) is 5.92. The first-order valence-electron chi connectivity index (χ1n) is 8.16. The second-order valence-electron chi connectivity index (χ2n) is 5.92. The molecule has 0 aliphatic carbocycles. The highest BCUT2D eigenvalue weighted by atomic mass is 16.5. The SMILES string of the molecule is CC.CCC(C(C)CC(C)C[C@@H](C)N)C(C)C(=O)OC. The molecule has 0 radical (unpaired) electrons. The van der Waals surface area contributed by atoms with E-state index in [2.05, 4.69) is 27.7 Å². The lowest BCUT2D eigenvalue weighted by Crippen LogP contribution is -2.28. The van der Waals surface area contributed by atoms with Gasteiger partial charge in [0.05, 0.1) is 13.0 Å². The van der Waals surface area contributed by atoms with Gasteiger partial charge in [0.25, 0.3) is 0 Å². The Morgan fingerprint density at radius 2 is 1.60 bits per heavy atom. The van der Waals surface area contributed by atoms with Crippen LogP contribution in [0.3, 0.4) is 0 Å². The van der Waals surface area contributed by atoms with E-state index in [0.29, 0.717) is 17.8 Å². The van der Waals surface area contributed by atoms with E-state index in [1.54, 1.807) is 0 Å².